The number of rotatable bonds is 6. The fourth-order valence-corrected chi connectivity index (χ4v) is 1.80. The number of amides is 1. The van der Waals surface area contributed by atoms with Crippen LogP contribution in [0.25, 0.3) is 0 Å². The van der Waals surface area contributed by atoms with Crippen LogP contribution in [0.15, 0.2) is 48.8 Å². The van der Waals surface area contributed by atoms with Crippen molar-refractivity contribution in [2.75, 3.05) is 24.3 Å². The van der Waals surface area contributed by atoms with Gasteiger partial charge >= 0.3 is 5.97 Å². The zero-order chi connectivity index (χ0) is 16.7. The summed E-state index contributed by atoms with van der Waals surface area (Å²) in [6.07, 6.45) is 3.14. The number of hydrogen-bond acceptors (Lipinski definition) is 6. The Balaban J connectivity index is 1.99. The lowest BCUT2D eigenvalue weighted by Gasteiger charge is -2.09. The summed E-state index contributed by atoms with van der Waals surface area (Å²) in [5.41, 5.74) is 1.03. The molecule has 1 amide bonds. The largest absolute Gasteiger partial charge is 0.465 e. The van der Waals surface area contributed by atoms with Gasteiger partial charge in [0.05, 0.1) is 30.6 Å². The molecule has 0 unspecified atom stereocenters. The summed E-state index contributed by atoms with van der Waals surface area (Å²) in [5, 5.41) is 5.21. The molecule has 0 fully saturated rings. The van der Waals surface area contributed by atoms with Crippen molar-refractivity contribution in [3.63, 3.8) is 0 Å². The maximum atomic E-state index is 11.9. The molecule has 0 aliphatic rings. The fourth-order valence-electron chi connectivity index (χ4n) is 1.80. The van der Waals surface area contributed by atoms with Gasteiger partial charge in [-0.3, -0.25) is 14.6 Å². The highest BCUT2D eigenvalue weighted by Crippen LogP contribution is 2.16. The van der Waals surface area contributed by atoms with Gasteiger partial charge in [-0.25, -0.2) is 4.79 Å². The van der Waals surface area contributed by atoms with E-state index in [-0.39, 0.29) is 17.8 Å². The zero-order valence-corrected chi connectivity index (χ0v) is 12.4. The average Bonchev–Trinajstić information content (AvgIpc) is 2.60. The quantitative estimate of drug-likeness (QED) is 0.619. The number of carbonyl (C=O) groups excluding carboxylic acids is 3. The number of para-hydroxylation sites is 1. The smallest absolute Gasteiger partial charge is 0.339 e. The van der Waals surface area contributed by atoms with Gasteiger partial charge in [0.15, 0.2) is 0 Å². The SMILES string of the molecule is COC(=O)c1ccccc1NC(=O)C(=O)CNc1cccnc1. The summed E-state index contributed by atoms with van der Waals surface area (Å²) in [7, 11) is 1.24. The lowest BCUT2D eigenvalue weighted by molar-refractivity contribution is -0.133. The number of nitrogens with zero attached hydrogens (tertiary/aromatic N) is 1. The number of carbonyl (C=O) groups is 3. The molecule has 2 aromatic rings. The fraction of sp³-hybridized carbons (Fsp3) is 0.125. The van der Waals surface area contributed by atoms with Gasteiger partial charge in [-0.05, 0) is 24.3 Å². The van der Waals surface area contributed by atoms with Crippen molar-refractivity contribution in [1.82, 2.24) is 4.98 Å². The van der Waals surface area contributed by atoms with E-state index in [9.17, 15) is 14.4 Å². The van der Waals surface area contributed by atoms with Crippen LogP contribution >= 0.6 is 0 Å². The molecule has 0 atom stereocenters. The number of Topliss-reactive ketones (excluding diaryl/α,β-unsaturated/α-hetero) is 1. The molecule has 0 saturated carbocycles. The monoisotopic (exact) mass is 313 g/mol. The van der Waals surface area contributed by atoms with Gasteiger partial charge < -0.3 is 15.4 Å². The van der Waals surface area contributed by atoms with Crippen LogP contribution in [0.2, 0.25) is 0 Å². The third-order valence-electron chi connectivity index (χ3n) is 2.95. The van der Waals surface area contributed by atoms with Crippen molar-refractivity contribution in [3.8, 4) is 0 Å². The van der Waals surface area contributed by atoms with E-state index in [0.29, 0.717) is 5.69 Å². The maximum Gasteiger partial charge on any atom is 0.339 e. The topological polar surface area (TPSA) is 97.4 Å². The second-order valence-corrected chi connectivity index (χ2v) is 4.51. The minimum atomic E-state index is -0.822. The van der Waals surface area contributed by atoms with E-state index in [4.69, 9.17) is 0 Å². The van der Waals surface area contributed by atoms with Gasteiger partial charge in [0, 0.05) is 12.4 Å². The van der Waals surface area contributed by atoms with Gasteiger partial charge in [0.25, 0.3) is 5.91 Å². The second kappa shape index (κ2) is 7.69. The number of anilines is 2. The minimum absolute atomic E-state index is 0.177. The number of esters is 1. The van der Waals surface area contributed by atoms with Gasteiger partial charge in [-0.2, -0.15) is 0 Å². The molecular weight excluding hydrogens is 298 g/mol. The molecule has 0 bridgehead atoms. The number of nitrogens with one attached hydrogen (secondary N) is 2. The maximum absolute atomic E-state index is 11.9. The van der Waals surface area contributed by atoms with Gasteiger partial charge in [-0.15, -0.1) is 0 Å². The molecule has 2 rings (SSSR count). The number of ether oxygens (including phenoxy) is 1. The summed E-state index contributed by atoms with van der Waals surface area (Å²) < 4.78 is 4.63. The third-order valence-corrected chi connectivity index (χ3v) is 2.95. The van der Waals surface area contributed by atoms with Crippen molar-refractivity contribution in [2.45, 2.75) is 0 Å². The predicted molar refractivity (Wildman–Crippen MR) is 84.1 cm³/mol. The van der Waals surface area contributed by atoms with Crippen molar-refractivity contribution >= 4 is 29.0 Å². The van der Waals surface area contributed by atoms with Crippen LogP contribution in [-0.2, 0) is 14.3 Å². The van der Waals surface area contributed by atoms with Crippen molar-refractivity contribution in [2.24, 2.45) is 0 Å². The molecule has 2 N–H and O–H groups in total. The predicted octanol–water partition coefficient (Wildman–Crippen LogP) is 1.49. The van der Waals surface area contributed by atoms with Gasteiger partial charge in [0.2, 0.25) is 5.78 Å². The van der Waals surface area contributed by atoms with Gasteiger partial charge in [-0.1, -0.05) is 12.1 Å². The Labute approximate surface area is 132 Å². The van der Waals surface area contributed by atoms with E-state index >= 15 is 0 Å². The van der Waals surface area contributed by atoms with Crippen LogP contribution in [0.1, 0.15) is 10.4 Å². The summed E-state index contributed by atoms with van der Waals surface area (Å²) in [6, 6.07) is 9.73. The Bertz CT molecular complexity index is 716. The summed E-state index contributed by atoms with van der Waals surface area (Å²) in [4.78, 5) is 39.3. The van der Waals surface area contributed by atoms with E-state index in [1.54, 1.807) is 30.5 Å². The normalized spacial score (nSPS) is 9.78. The lowest BCUT2D eigenvalue weighted by Crippen LogP contribution is -2.29. The lowest BCUT2D eigenvalue weighted by atomic mass is 10.1. The summed E-state index contributed by atoms with van der Waals surface area (Å²) in [6.45, 7) is -0.183. The molecule has 1 aromatic carbocycles. The minimum Gasteiger partial charge on any atom is -0.465 e. The number of methoxy groups -OCH3 is 1. The molecule has 23 heavy (non-hydrogen) atoms. The van der Waals surface area contributed by atoms with Crippen molar-refractivity contribution in [1.29, 1.82) is 0 Å². The first-order chi connectivity index (χ1) is 11.1. The molecule has 1 heterocycles. The molecule has 0 spiro atoms. The summed E-state index contributed by atoms with van der Waals surface area (Å²) in [5.74, 6) is -2.09. The summed E-state index contributed by atoms with van der Waals surface area (Å²) >= 11 is 0. The first kappa shape index (κ1) is 16.2. The Morgan fingerprint density at radius 1 is 1.13 bits per heavy atom. The molecule has 0 aliphatic carbocycles. The van der Waals surface area contributed by atoms with E-state index < -0.39 is 17.7 Å². The van der Waals surface area contributed by atoms with Crippen LogP contribution in [0.5, 0.6) is 0 Å². The average molecular weight is 313 g/mol. The van der Waals surface area contributed by atoms with Crippen LogP contribution in [0, 0.1) is 0 Å². The number of benzene rings is 1. The second-order valence-electron chi connectivity index (χ2n) is 4.51. The van der Waals surface area contributed by atoms with Crippen molar-refractivity contribution < 1.29 is 19.1 Å². The number of aromatic nitrogens is 1. The van der Waals surface area contributed by atoms with Crippen LogP contribution in [0.4, 0.5) is 11.4 Å². The van der Waals surface area contributed by atoms with Crippen LogP contribution in [0.3, 0.4) is 0 Å². The molecule has 0 aliphatic heterocycles. The van der Waals surface area contributed by atoms with E-state index in [0.717, 1.165) is 0 Å². The molecule has 1 aromatic heterocycles. The highest BCUT2D eigenvalue weighted by molar-refractivity contribution is 6.42. The highest BCUT2D eigenvalue weighted by Gasteiger charge is 2.17. The van der Waals surface area contributed by atoms with Gasteiger partial charge in [0.1, 0.15) is 0 Å². The molecule has 0 saturated heterocycles. The molecule has 7 nitrogen and oxygen atoms in total. The highest BCUT2D eigenvalue weighted by atomic mass is 16.5. The Hall–Kier alpha value is -3.22. The Morgan fingerprint density at radius 3 is 2.61 bits per heavy atom. The molecule has 0 radical (unpaired) electrons. The first-order valence-corrected chi connectivity index (χ1v) is 6.77. The number of pyridine rings is 1. The zero-order valence-electron chi connectivity index (χ0n) is 12.4. The molecule has 118 valence electrons. The standard InChI is InChI=1S/C16H15N3O4/c1-23-16(22)12-6-2-3-7-13(12)19-15(21)14(20)10-18-11-5-4-8-17-9-11/h2-9,18H,10H2,1H3,(H,19,21). The number of ketones is 1. The first-order valence-electron chi connectivity index (χ1n) is 6.77. The van der Waals surface area contributed by atoms with Crippen molar-refractivity contribution in [3.05, 3.63) is 54.4 Å². The number of hydrogen-bond donors (Lipinski definition) is 2. The molecular formula is C16H15N3O4. The Morgan fingerprint density at radius 2 is 1.91 bits per heavy atom. The molecule has 7 heteroatoms. The van der Waals surface area contributed by atoms with E-state index in [1.165, 1.54) is 25.4 Å². The van der Waals surface area contributed by atoms with E-state index in [1.807, 2.05) is 0 Å². The van der Waals surface area contributed by atoms with Crippen LogP contribution < -0.4 is 10.6 Å². The van der Waals surface area contributed by atoms with E-state index in [2.05, 4.69) is 20.4 Å². The van der Waals surface area contributed by atoms with Crippen LogP contribution in [-0.4, -0.2) is 36.3 Å². The Kier molecular flexibility index (Phi) is 5.40. The third kappa shape index (κ3) is 4.37.